The van der Waals surface area contributed by atoms with Crippen LogP contribution in [0.4, 0.5) is 0 Å². The summed E-state index contributed by atoms with van der Waals surface area (Å²) in [5.74, 6) is 2.43. The lowest BCUT2D eigenvalue weighted by molar-refractivity contribution is -0.0438. The maximum atomic E-state index is 1.64. The minimum atomic E-state index is 0.940. The van der Waals surface area contributed by atoms with Crippen LogP contribution in [-0.4, -0.2) is 0 Å². The second-order valence-corrected chi connectivity index (χ2v) is 5.90. The Kier molecular flexibility index (Phi) is 0.875. The molecule has 0 nitrogen and oxygen atoms in total. The molecule has 0 saturated heterocycles. The van der Waals surface area contributed by atoms with Crippen LogP contribution in [0, 0.1) is 22.7 Å². The van der Waals surface area contributed by atoms with Gasteiger partial charge in [0, 0.05) is 0 Å². The molecule has 12 heavy (non-hydrogen) atoms. The van der Waals surface area contributed by atoms with Gasteiger partial charge in [0.05, 0.1) is 0 Å². The van der Waals surface area contributed by atoms with Crippen molar-refractivity contribution >= 4 is 0 Å². The summed E-state index contributed by atoms with van der Waals surface area (Å²) in [5, 5.41) is 0. The highest BCUT2D eigenvalue weighted by atomic mass is 14.8. The lowest BCUT2D eigenvalue weighted by Crippen LogP contribution is -2.45. The molecule has 0 aromatic carbocycles. The van der Waals surface area contributed by atoms with Gasteiger partial charge >= 0.3 is 0 Å². The molecule has 0 N–H and O–H groups in total. The Bertz CT molecular complexity index is 226. The maximum Gasteiger partial charge on any atom is -0.0204 e. The van der Waals surface area contributed by atoms with E-state index in [0.717, 1.165) is 10.8 Å². The first-order valence-corrected chi connectivity index (χ1v) is 5.87. The molecule has 0 aliphatic heterocycles. The van der Waals surface area contributed by atoms with E-state index in [1.54, 1.807) is 51.4 Å². The second kappa shape index (κ2) is 1.63. The van der Waals surface area contributed by atoms with Gasteiger partial charge in [0.1, 0.15) is 0 Å². The normalized spacial score (nSPS) is 53.5. The molecule has 66 valence electrons. The van der Waals surface area contributed by atoms with Crippen LogP contribution in [0.2, 0.25) is 0 Å². The first-order valence-electron chi connectivity index (χ1n) is 5.87. The van der Waals surface area contributed by atoms with Gasteiger partial charge in [-0.25, -0.2) is 0 Å². The molecule has 0 unspecified atom stereocenters. The van der Waals surface area contributed by atoms with Crippen LogP contribution in [0.5, 0.6) is 0 Å². The zero-order valence-electron chi connectivity index (χ0n) is 7.81. The van der Waals surface area contributed by atoms with Crippen molar-refractivity contribution in [2.45, 2.75) is 51.4 Å². The van der Waals surface area contributed by atoms with Crippen LogP contribution < -0.4 is 0 Å². The Morgan fingerprint density at radius 1 is 0.750 bits per heavy atom. The summed E-state index contributed by atoms with van der Waals surface area (Å²) < 4.78 is 0. The monoisotopic (exact) mass is 162 g/mol. The van der Waals surface area contributed by atoms with E-state index < -0.39 is 0 Å². The lowest BCUT2D eigenvalue weighted by Gasteiger charge is -2.54. The number of rotatable bonds is 2. The Hall–Kier alpha value is 0. The van der Waals surface area contributed by atoms with E-state index in [-0.39, 0.29) is 0 Å². The van der Waals surface area contributed by atoms with Crippen molar-refractivity contribution in [3.63, 3.8) is 0 Å². The molecule has 0 radical (unpaired) electrons. The van der Waals surface area contributed by atoms with Crippen molar-refractivity contribution < 1.29 is 0 Å². The van der Waals surface area contributed by atoms with Crippen molar-refractivity contribution in [3.05, 3.63) is 0 Å². The van der Waals surface area contributed by atoms with E-state index >= 15 is 0 Å². The molecular weight excluding hydrogens is 144 g/mol. The highest BCUT2D eigenvalue weighted by Gasteiger charge is 2.80. The van der Waals surface area contributed by atoms with Gasteiger partial charge in [-0.1, -0.05) is 12.8 Å². The van der Waals surface area contributed by atoms with Crippen LogP contribution in [0.3, 0.4) is 0 Å². The van der Waals surface area contributed by atoms with Gasteiger partial charge in [-0.05, 0) is 61.2 Å². The summed E-state index contributed by atoms with van der Waals surface area (Å²) in [4.78, 5) is 0. The first kappa shape index (κ1) is 6.45. The van der Waals surface area contributed by atoms with E-state index in [1.807, 2.05) is 0 Å². The summed E-state index contributed by atoms with van der Waals surface area (Å²) in [6.45, 7) is 0. The topological polar surface area (TPSA) is 0 Å². The fourth-order valence-corrected chi connectivity index (χ4v) is 4.35. The first-order chi connectivity index (χ1) is 5.87. The molecule has 4 aliphatic carbocycles. The standard InChI is InChI=1S/C12H18/c1-3-9(4-1)11(5-2-6-11)12-7-10(12)8-12/h9-10H,1-8H2. The Morgan fingerprint density at radius 2 is 1.42 bits per heavy atom. The highest BCUT2D eigenvalue weighted by molar-refractivity contribution is 5.29. The average molecular weight is 162 g/mol. The summed E-state index contributed by atoms with van der Waals surface area (Å²) in [5.41, 5.74) is 1.92. The summed E-state index contributed by atoms with van der Waals surface area (Å²) in [6, 6.07) is 0. The maximum absolute atomic E-state index is 1.64. The average Bonchev–Trinajstić information content (AvgIpc) is 2.56. The Labute approximate surface area is 74.7 Å². The highest BCUT2D eigenvalue weighted by Crippen LogP contribution is 2.88. The molecule has 0 amide bonds. The van der Waals surface area contributed by atoms with E-state index in [4.69, 9.17) is 0 Å². The Balaban J connectivity index is 1.67. The molecule has 0 atom stereocenters. The molecule has 0 bridgehead atoms. The zero-order valence-corrected chi connectivity index (χ0v) is 7.81. The minimum absolute atomic E-state index is 0.940. The molecule has 4 aliphatic rings. The van der Waals surface area contributed by atoms with Crippen LogP contribution in [0.1, 0.15) is 51.4 Å². The fraction of sp³-hybridized carbons (Fsp3) is 1.00. The molecular formula is C12H18. The third-order valence-electron chi connectivity index (χ3n) is 5.81. The number of hydrogen-bond acceptors (Lipinski definition) is 0. The molecule has 0 heterocycles. The molecule has 0 aromatic rings. The van der Waals surface area contributed by atoms with E-state index in [1.165, 1.54) is 11.8 Å². The molecule has 0 heteroatoms. The predicted octanol–water partition coefficient (Wildman–Crippen LogP) is 3.37. The van der Waals surface area contributed by atoms with Crippen molar-refractivity contribution in [3.8, 4) is 0 Å². The van der Waals surface area contributed by atoms with Crippen LogP contribution in [-0.2, 0) is 0 Å². The van der Waals surface area contributed by atoms with E-state index in [9.17, 15) is 0 Å². The fourth-order valence-electron chi connectivity index (χ4n) is 4.35. The van der Waals surface area contributed by atoms with E-state index in [2.05, 4.69) is 0 Å². The zero-order chi connectivity index (χ0) is 7.81. The van der Waals surface area contributed by atoms with Crippen molar-refractivity contribution in [1.82, 2.24) is 0 Å². The predicted molar refractivity (Wildman–Crippen MR) is 48.8 cm³/mol. The molecule has 4 fully saturated rings. The van der Waals surface area contributed by atoms with Crippen LogP contribution in [0.25, 0.3) is 0 Å². The SMILES string of the molecule is C1CC(C2(C34CC3C4)CCC2)C1. The molecule has 4 rings (SSSR count). The smallest absolute Gasteiger partial charge is 0.0204 e. The quantitative estimate of drug-likeness (QED) is 0.584. The lowest BCUT2D eigenvalue weighted by atomic mass is 9.50. The van der Waals surface area contributed by atoms with Gasteiger partial charge in [-0.15, -0.1) is 0 Å². The molecule has 0 aromatic heterocycles. The minimum Gasteiger partial charge on any atom is -0.0527 e. The largest absolute Gasteiger partial charge is 0.0527 e. The third kappa shape index (κ3) is 0.482. The molecule has 0 spiro atoms. The summed E-state index contributed by atoms with van der Waals surface area (Å²) in [7, 11) is 0. The third-order valence-corrected chi connectivity index (χ3v) is 5.81. The van der Waals surface area contributed by atoms with Gasteiger partial charge in [0.15, 0.2) is 0 Å². The van der Waals surface area contributed by atoms with Gasteiger partial charge in [0.25, 0.3) is 0 Å². The van der Waals surface area contributed by atoms with Gasteiger partial charge in [0.2, 0.25) is 0 Å². The summed E-state index contributed by atoms with van der Waals surface area (Å²) in [6.07, 6.45) is 12.8. The van der Waals surface area contributed by atoms with Gasteiger partial charge in [-0.3, -0.25) is 0 Å². The van der Waals surface area contributed by atoms with Gasteiger partial charge < -0.3 is 0 Å². The summed E-state index contributed by atoms with van der Waals surface area (Å²) >= 11 is 0. The van der Waals surface area contributed by atoms with Crippen molar-refractivity contribution in [2.75, 3.05) is 0 Å². The van der Waals surface area contributed by atoms with Crippen LogP contribution >= 0.6 is 0 Å². The molecule has 4 saturated carbocycles. The van der Waals surface area contributed by atoms with Crippen LogP contribution in [0.15, 0.2) is 0 Å². The number of fused-ring (bicyclic) bond motifs is 1. The van der Waals surface area contributed by atoms with Crippen molar-refractivity contribution in [2.24, 2.45) is 22.7 Å². The second-order valence-electron chi connectivity index (χ2n) is 5.90. The Morgan fingerprint density at radius 3 is 1.67 bits per heavy atom. The van der Waals surface area contributed by atoms with Crippen molar-refractivity contribution in [1.29, 1.82) is 0 Å². The van der Waals surface area contributed by atoms with E-state index in [0.29, 0.717) is 0 Å². The number of hydrogen-bond donors (Lipinski definition) is 0. The van der Waals surface area contributed by atoms with Gasteiger partial charge in [-0.2, -0.15) is 0 Å².